The van der Waals surface area contributed by atoms with E-state index in [0.29, 0.717) is 0 Å². The van der Waals surface area contributed by atoms with Crippen LogP contribution in [0.25, 0.3) is 0 Å². The van der Waals surface area contributed by atoms with Crippen LogP contribution in [0, 0.1) is 0 Å². The van der Waals surface area contributed by atoms with Gasteiger partial charge < -0.3 is 15.2 Å². The van der Waals surface area contributed by atoms with Crippen molar-refractivity contribution in [3.63, 3.8) is 0 Å². The van der Waals surface area contributed by atoms with Gasteiger partial charge in [0.15, 0.2) is 0 Å². The highest BCUT2D eigenvalue weighted by Gasteiger charge is 1.99. The third kappa shape index (κ3) is 4.17. The summed E-state index contributed by atoms with van der Waals surface area (Å²) in [6.45, 7) is 3.78. The summed E-state index contributed by atoms with van der Waals surface area (Å²) in [7, 11) is 4.02. The molecule has 0 saturated carbocycles. The lowest BCUT2D eigenvalue weighted by atomic mass is 10.2. The van der Waals surface area contributed by atoms with Crippen molar-refractivity contribution in [3.05, 3.63) is 55.0 Å². The van der Waals surface area contributed by atoms with Crippen LogP contribution in [-0.2, 0) is 0 Å². The number of allylic oxidation sites excluding steroid dienone is 2. The van der Waals surface area contributed by atoms with Gasteiger partial charge in [-0.25, -0.2) is 4.98 Å². The second kappa shape index (κ2) is 5.70. The monoisotopic (exact) mass is 204 g/mol. The van der Waals surface area contributed by atoms with E-state index in [0.717, 1.165) is 5.70 Å². The Morgan fingerprint density at radius 3 is 2.53 bits per heavy atom. The van der Waals surface area contributed by atoms with Gasteiger partial charge in [0.2, 0.25) is 0 Å². The summed E-state index contributed by atoms with van der Waals surface area (Å²) >= 11 is 0. The molecular formula is C11H16N4. The molecule has 0 spiro atoms. The summed E-state index contributed by atoms with van der Waals surface area (Å²) in [6.07, 6.45) is 11.0. The molecule has 2 heterocycles. The Bertz CT molecular complexity index is 329. The first-order chi connectivity index (χ1) is 7.20. The number of dihydropyridines is 1. The number of rotatable bonds is 1. The molecule has 0 atom stereocenters. The summed E-state index contributed by atoms with van der Waals surface area (Å²) < 4.78 is 0. The minimum atomic E-state index is 0.936. The SMILES string of the molecule is C=C1C=C(N(C)C)C=CN1.c1c[nH]cn1. The number of nitrogens with zero attached hydrogens (tertiary/aromatic N) is 2. The van der Waals surface area contributed by atoms with E-state index in [9.17, 15) is 0 Å². The van der Waals surface area contributed by atoms with Crippen LogP contribution in [0.3, 0.4) is 0 Å². The van der Waals surface area contributed by atoms with Crippen molar-refractivity contribution in [3.8, 4) is 0 Å². The predicted molar refractivity (Wildman–Crippen MR) is 61.8 cm³/mol. The van der Waals surface area contributed by atoms with Gasteiger partial charge in [-0.05, 0) is 12.2 Å². The van der Waals surface area contributed by atoms with Crippen LogP contribution in [0.1, 0.15) is 0 Å². The molecule has 0 amide bonds. The molecule has 2 rings (SSSR count). The minimum Gasteiger partial charge on any atom is -0.378 e. The molecule has 0 fully saturated rings. The van der Waals surface area contributed by atoms with Crippen LogP contribution >= 0.6 is 0 Å². The Labute approximate surface area is 90.0 Å². The summed E-state index contributed by atoms with van der Waals surface area (Å²) in [5.74, 6) is 0. The van der Waals surface area contributed by atoms with E-state index in [2.05, 4.69) is 21.9 Å². The number of aromatic nitrogens is 2. The first-order valence-corrected chi connectivity index (χ1v) is 4.64. The number of nitrogens with one attached hydrogen (secondary N) is 2. The maximum absolute atomic E-state index is 3.78. The van der Waals surface area contributed by atoms with Crippen molar-refractivity contribution in [2.45, 2.75) is 0 Å². The van der Waals surface area contributed by atoms with Crippen molar-refractivity contribution in [1.82, 2.24) is 20.2 Å². The van der Waals surface area contributed by atoms with Gasteiger partial charge in [0.05, 0.1) is 6.33 Å². The van der Waals surface area contributed by atoms with Gasteiger partial charge >= 0.3 is 0 Å². The van der Waals surface area contributed by atoms with Crippen LogP contribution in [0.2, 0.25) is 0 Å². The van der Waals surface area contributed by atoms with Crippen LogP contribution in [0.5, 0.6) is 0 Å². The molecule has 0 bridgehead atoms. The van der Waals surface area contributed by atoms with E-state index in [1.807, 2.05) is 37.3 Å². The Morgan fingerprint density at radius 1 is 1.40 bits per heavy atom. The third-order valence-electron chi connectivity index (χ3n) is 1.77. The topological polar surface area (TPSA) is 44.0 Å². The fourth-order valence-corrected chi connectivity index (χ4v) is 0.996. The standard InChI is InChI=1S/C8H12N2.C3H4N2/c1-7-6-8(10(2)3)4-5-9-7;1-2-5-3-4-1/h4-6,9H,1H2,2-3H3;1-3H,(H,4,5). The average molecular weight is 204 g/mol. The Kier molecular flexibility index (Phi) is 4.22. The van der Waals surface area contributed by atoms with Crippen LogP contribution < -0.4 is 5.32 Å². The van der Waals surface area contributed by atoms with Gasteiger partial charge in [-0.1, -0.05) is 6.58 Å². The van der Waals surface area contributed by atoms with Crippen molar-refractivity contribution < 1.29 is 0 Å². The zero-order valence-corrected chi connectivity index (χ0v) is 9.07. The first-order valence-electron chi connectivity index (χ1n) is 4.64. The molecule has 1 aliphatic heterocycles. The Hall–Kier alpha value is -1.97. The maximum atomic E-state index is 3.78. The van der Waals surface area contributed by atoms with Crippen molar-refractivity contribution in [2.24, 2.45) is 0 Å². The predicted octanol–water partition coefficient (Wildman–Crippen LogP) is 1.47. The summed E-state index contributed by atoms with van der Waals surface area (Å²) in [6, 6.07) is 0. The fourth-order valence-electron chi connectivity index (χ4n) is 0.996. The molecule has 0 radical (unpaired) electrons. The van der Waals surface area contributed by atoms with Gasteiger partial charge in [0, 0.05) is 44.1 Å². The first kappa shape index (κ1) is 11.1. The lowest BCUT2D eigenvalue weighted by Gasteiger charge is -2.17. The molecular weight excluding hydrogens is 188 g/mol. The smallest absolute Gasteiger partial charge is 0.0919 e. The molecule has 0 unspecified atom stereocenters. The molecule has 0 saturated heterocycles. The number of likely N-dealkylation sites (N-methyl/N-ethyl adjacent to an activating group) is 1. The van der Waals surface area contributed by atoms with Crippen LogP contribution in [0.4, 0.5) is 0 Å². The Morgan fingerprint density at radius 2 is 2.20 bits per heavy atom. The molecule has 0 aromatic carbocycles. The highest BCUT2D eigenvalue weighted by molar-refractivity contribution is 5.31. The molecule has 0 aliphatic carbocycles. The van der Waals surface area contributed by atoms with Crippen LogP contribution in [-0.4, -0.2) is 29.0 Å². The van der Waals surface area contributed by atoms with Crippen LogP contribution in [0.15, 0.2) is 55.0 Å². The fraction of sp³-hybridized carbons (Fsp3) is 0.182. The number of H-pyrrole nitrogens is 1. The van der Waals surface area contributed by atoms with Crippen molar-refractivity contribution in [1.29, 1.82) is 0 Å². The van der Waals surface area contributed by atoms with Gasteiger partial charge in [-0.3, -0.25) is 0 Å². The highest BCUT2D eigenvalue weighted by Crippen LogP contribution is 2.07. The van der Waals surface area contributed by atoms with E-state index in [1.165, 1.54) is 5.70 Å². The summed E-state index contributed by atoms with van der Waals surface area (Å²) in [5.41, 5.74) is 2.11. The zero-order valence-electron chi connectivity index (χ0n) is 9.07. The molecule has 1 aromatic heterocycles. The van der Waals surface area contributed by atoms with Gasteiger partial charge in [0.25, 0.3) is 0 Å². The van der Waals surface area contributed by atoms with Crippen molar-refractivity contribution in [2.75, 3.05) is 14.1 Å². The second-order valence-electron chi connectivity index (χ2n) is 3.23. The molecule has 1 aromatic rings. The van der Waals surface area contributed by atoms with E-state index >= 15 is 0 Å². The molecule has 80 valence electrons. The van der Waals surface area contributed by atoms with Gasteiger partial charge in [-0.2, -0.15) is 0 Å². The normalized spacial score (nSPS) is 13.5. The third-order valence-corrected chi connectivity index (χ3v) is 1.77. The minimum absolute atomic E-state index is 0.936. The van der Waals surface area contributed by atoms with Crippen molar-refractivity contribution >= 4 is 0 Å². The Balaban J connectivity index is 0.000000187. The second-order valence-corrected chi connectivity index (χ2v) is 3.23. The maximum Gasteiger partial charge on any atom is 0.0919 e. The lowest BCUT2D eigenvalue weighted by molar-refractivity contribution is 0.526. The number of aromatic amines is 1. The zero-order chi connectivity index (χ0) is 11.1. The summed E-state index contributed by atoms with van der Waals surface area (Å²) in [4.78, 5) is 8.46. The van der Waals surface area contributed by atoms with E-state index < -0.39 is 0 Å². The van der Waals surface area contributed by atoms with E-state index in [-0.39, 0.29) is 0 Å². The highest BCUT2D eigenvalue weighted by atomic mass is 15.1. The summed E-state index contributed by atoms with van der Waals surface area (Å²) in [5, 5.41) is 2.99. The number of hydrogen-bond donors (Lipinski definition) is 2. The van der Waals surface area contributed by atoms with E-state index in [1.54, 1.807) is 18.7 Å². The molecule has 4 nitrogen and oxygen atoms in total. The lowest BCUT2D eigenvalue weighted by Crippen LogP contribution is -2.15. The molecule has 1 aliphatic rings. The quantitative estimate of drug-likeness (QED) is 0.728. The molecule has 2 N–H and O–H groups in total. The van der Waals surface area contributed by atoms with Gasteiger partial charge in [-0.15, -0.1) is 0 Å². The molecule has 15 heavy (non-hydrogen) atoms. The number of hydrogen-bond acceptors (Lipinski definition) is 3. The molecule has 4 heteroatoms. The number of imidazole rings is 1. The van der Waals surface area contributed by atoms with E-state index in [4.69, 9.17) is 0 Å². The average Bonchev–Trinajstić information content (AvgIpc) is 2.75. The largest absolute Gasteiger partial charge is 0.378 e. The van der Waals surface area contributed by atoms with Gasteiger partial charge in [0.1, 0.15) is 0 Å².